The van der Waals surface area contributed by atoms with Gasteiger partial charge in [-0.25, -0.2) is 9.97 Å². The lowest BCUT2D eigenvalue weighted by Crippen LogP contribution is -2.36. The van der Waals surface area contributed by atoms with Crippen molar-refractivity contribution in [2.75, 3.05) is 73.9 Å². The Hall–Kier alpha value is -3.86. The second-order valence-electron chi connectivity index (χ2n) is 9.64. The maximum Gasteiger partial charge on any atom is 0.259 e. The summed E-state index contributed by atoms with van der Waals surface area (Å²) in [6.45, 7) is 4.78. The average molecular weight is 522 g/mol. The Balaban J connectivity index is 1.43. The predicted octanol–water partition coefficient (Wildman–Crippen LogP) is 2.93. The van der Waals surface area contributed by atoms with Crippen molar-refractivity contribution < 1.29 is 19.1 Å². The highest BCUT2D eigenvalue weighted by Gasteiger charge is 2.29. The third-order valence-corrected chi connectivity index (χ3v) is 6.97. The van der Waals surface area contributed by atoms with E-state index in [4.69, 9.17) is 9.47 Å². The number of aromatic nitrogens is 2. The summed E-state index contributed by atoms with van der Waals surface area (Å²) in [6, 6.07) is 5.99. The number of amides is 2. The van der Waals surface area contributed by atoms with Crippen LogP contribution in [0.2, 0.25) is 0 Å². The van der Waals surface area contributed by atoms with Crippen molar-refractivity contribution >= 4 is 40.4 Å². The zero-order valence-electron chi connectivity index (χ0n) is 21.8. The molecule has 3 N–H and O–H groups in total. The third-order valence-electron chi connectivity index (χ3n) is 6.97. The van der Waals surface area contributed by atoms with Gasteiger partial charge in [0.05, 0.1) is 36.6 Å². The molecule has 0 radical (unpaired) electrons. The SMILES string of the molecule is CN1CCCNc2ncnc3c2/C(=C/Nc2ccc(N4CCOCC4)c(c2)OCCCCCC1=O)C(=O)N3. The van der Waals surface area contributed by atoms with Crippen molar-refractivity contribution in [3.63, 3.8) is 0 Å². The van der Waals surface area contributed by atoms with Crippen molar-refractivity contribution in [3.8, 4) is 5.75 Å². The van der Waals surface area contributed by atoms with Gasteiger partial charge in [-0.3, -0.25) is 9.59 Å². The number of benzene rings is 1. The monoisotopic (exact) mass is 521 g/mol. The minimum Gasteiger partial charge on any atom is -0.491 e. The first-order valence-electron chi connectivity index (χ1n) is 13.3. The van der Waals surface area contributed by atoms with Gasteiger partial charge in [0.1, 0.15) is 23.7 Å². The van der Waals surface area contributed by atoms with Crippen LogP contribution in [0.3, 0.4) is 0 Å². The first-order chi connectivity index (χ1) is 18.6. The van der Waals surface area contributed by atoms with E-state index < -0.39 is 0 Å². The molecule has 0 unspecified atom stereocenters. The lowest BCUT2D eigenvalue weighted by Gasteiger charge is -2.30. The molecular formula is C27H35N7O4. The number of hydrogen-bond donors (Lipinski definition) is 3. The first kappa shape index (κ1) is 25.8. The summed E-state index contributed by atoms with van der Waals surface area (Å²) in [5, 5.41) is 9.42. The fourth-order valence-corrected chi connectivity index (χ4v) is 4.81. The summed E-state index contributed by atoms with van der Waals surface area (Å²) in [4.78, 5) is 38.0. The number of ether oxygens (including phenoxy) is 2. The van der Waals surface area contributed by atoms with Gasteiger partial charge in [-0.05, 0) is 37.8 Å². The van der Waals surface area contributed by atoms with Crippen LogP contribution < -0.4 is 25.6 Å². The van der Waals surface area contributed by atoms with E-state index in [9.17, 15) is 9.59 Å². The van der Waals surface area contributed by atoms with Crippen LogP contribution in [0.25, 0.3) is 5.57 Å². The molecule has 4 heterocycles. The lowest BCUT2D eigenvalue weighted by atomic mass is 10.1. The van der Waals surface area contributed by atoms with E-state index >= 15 is 0 Å². The van der Waals surface area contributed by atoms with Gasteiger partial charge < -0.3 is 35.2 Å². The molecule has 11 nitrogen and oxygen atoms in total. The second kappa shape index (κ2) is 12.1. The third kappa shape index (κ3) is 5.99. The number of fused-ring (bicyclic) bond motifs is 2. The van der Waals surface area contributed by atoms with Crippen molar-refractivity contribution in [1.29, 1.82) is 0 Å². The van der Waals surface area contributed by atoms with Gasteiger partial charge in [0, 0.05) is 57.6 Å². The number of rotatable bonds is 1. The van der Waals surface area contributed by atoms with Crippen LogP contribution in [0.5, 0.6) is 5.75 Å². The van der Waals surface area contributed by atoms with Crippen LogP contribution >= 0.6 is 0 Å². The van der Waals surface area contributed by atoms with Gasteiger partial charge in [-0.15, -0.1) is 0 Å². The minimum absolute atomic E-state index is 0.150. The molecule has 0 atom stereocenters. The quantitative estimate of drug-likeness (QED) is 0.520. The number of carbonyl (C=O) groups is 2. The molecule has 38 heavy (non-hydrogen) atoms. The molecule has 1 aromatic carbocycles. The maximum atomic E-state index is 12.8. The molecule has 1 saturated heterocycles. The van der Waals surface area contributed by atoms with Crippen molar-refractivity contribution in [2.45, 2.75) is 32.1 Å². The van der Waals surface area contributed by atoms with E-state index in [-0.39, 0.29) is 11.8 Å². The Morgan fingerprint density at radius 3 is 2.66 bits per heavy atom. The normalized spacial score (nSPS) is 20.7. The van der Waals surface area contributed by atoms with E-state index in [0.717, 1.165) is 55.9 Å². The summed E-state index contributed by atoms with van der Waals surface area (Å²) in [5.41, 5.74) is 2.91. The van der Waals surface area contributed by atoms with Gasteiger partial charge in [0.2, 0.25) is 5.91 Å². The van der Waals surface area contributed by atoms with Crippen LogP contribution in [-0.4, -0.2) is 79.7 Å². The molecule has 11 heteroatoms. The zero-order valence-corrected chi connectivity index (χ0v) is 21.8. The van der Waals surface area contributed by atoms with Gasteiger partial charge >= 0.3 is 0 Å². The molecule has 0 aliphatic carbocycles. The predicted molar refractivity (Wildman–Crippen MR) is 146 cm³/mol. The Kier molecular flexibility index (Phi) is 8.22. The molecule has 2 amide bonds. The maximum absolute atomic E-state index is 12.8. The van der Waals surface area contributed by atoms with Crippen molar-refractivity contribution in [3.05, 3.63) is 36.3 Å². The summed E-state index contributed by atoms with van der Waals surface area (Å²) < 4.78 is 11.8. The van der Waals surface area contributed by atoms with E-state index in [1.165, 1.54) is 6.33 Å². The number of hydrogen-bond acceptors (Lipinski definition) is 9. The Morgan fingerprint density at radius 1 is 0.947 bits per heavy atom. The Morgan fingerprint density at radius 2 is 1.79 bits per heavy atom. The van der Waals surface area contributed by atoms with Crippen LogP contribution in [0.1, 0.15) is 37.7 Å². The van der Waals surface area contributed by atoms with Crippen LogP contribution in [-0.2, 0) is 14.3 Å². The molecule has 202 valence electrons. The average Bonchev–Trinajstić information content (AvgIpc) is 3.27. The second-order valence-corrected chi connectivity index (χ2v) is 9.64. The molecule has 2 bridgehead atoms. The summed E-state index contributed by atoms with van der Waals surface area (Å²) >= 11 is 0. The topological polar surface area (TPSA) is 121 Å². The number of morpholine rings is 1. The van der Waals surface area contributed by atoms with Crippen molar-refractivity contribution in [1.82, 2.24) is 14.9 Å². The molecular weight excluding hydrogens is 486 g/mol. The number of nitrogens with one attached hydrogen (secondary N) is 3. The molecule has 1 fully saturated rings. The number of anilines is 4. The molecule has 0 saturated carbocycles. The number of carbonyl (C=O) groups excluding carboxylic acids is 2. The Bertz CT molecular complexity index is 1200. The van der Waals surface area contributed by atoms with E-state index in [2.05, 4.69) is 30.8 Å². The lowest BCUT2D eigenvalue weighted by molar-refractivity contribution is -0.130. The molecule has 0 spiro atoms. The largest absolute Gasteiger partial charge is 0.491 e. The highest BCUT2D eigenvalue weighted by molar-refractivity contribution is 6.32. The van der Waals surface area contributed by atoms with Gasteiger partial charge in [-0.1, -0.05) is 0 Å². The van der Waals surface area contributed by atoms with Crippen LogP contribution in [0.15, 0.2) is 30.7 Å². The molecule has 3 aliphatic heterocycles. The van der Waals surface area contributed by atoms with Gasteiger partial charge in [0.25, 0.3) is 5.91 Å². The van der Waals surface area contributed by atoms with E-state index in [1.807, 2.05) is 25.2 Å². The fourth-order valence-electron chi connectivity index (χ4n) is 4.81. The summed E-state index contributed by atoms with van der Waals surface area (Å²) in [5.74, 6) is 1.74. The Labute approximate surface area is 222 Å². The standard InChI is InChI=1S/C27H35N7O4/c1-33-10-5-9-28-25-24-20(27(36)32-26(24)31-18-30-25)17-29-19-7-8-21(34-11-14-37-15-12-34)22(16-19)38-13-4-2-3-6-23(33)35/h7-8,16-18,29H,2-6,9-15H2,1H3,(H2,28,30,31,32,36)/b20-17-. The van der Waals surface area contributed by atoms with E-state index in [0.29, 0.717) is 62.1 Å². The first-order valence-corrected chi connectivity index (χ1v) is 13.3. The molecule has 3 aliphatic rings. The van der Waals surface area contributed by atoms with Crippen LogP contribution in [0.4, 0.5) is 23.0 Å². The fraction of sp³-hybridized carbons (Fsp3) is 0.481. The number of nitrogens with zero attached hydrogens (tertiary/aromatic N) is 4. The smallest absolute Gasteiger partial charge is 0.259 e. The molecule has 1 aromatic heterocycles. The van der Waals surface area contributed by atoms with Gasteiger partial charge in [0.15, 0.2) is 0 Å². The van der Waals surface area contributed by atoms with Crippen molar-refractivity contribution in [2.24, 2.45) is 0 Å². The summed E-state index contributed by atoms with van der Waals surface area (Å²) in [6.07, 6.45) is 7.03. The summed E-state index contributed by atoms with van der Waals surface area (Å²) in [7, 11) is 1.84. The minimum atomic E-state index is -0.245. The molecule has 5 rings (SSSR count). The van der Waals surface area contributed by atoms with Gasteiger partial charge in [-0.2, -0.15) is 0 Å². The molecule has 2 aromatic rings. The highest BCUT2D eigenvalue weighted by Crippen LogP contribution is 2.36. The zero-order chi connectivity index (χ0) is 26.3. The van der Waals surface area contributed by atoms with E-state index in [1.54, 1.807) is 11.1 Å². The highest BCUT2D eigenvalue weighted by atomic mass is 16.5. The van der Waals surface area contributed by atoms with Crippen LogP contribution in [0, 0.1) is 0 Å².